The van der Waals surface area contributed by atoms with E-state index < -0.39 is 0 Å². The SMILES string of the molecule is CNC(C)Cc1noc(C(C)(C)c2cccs2)n1. The molecule has 2 rings (SSSR count). The van der Waals surface area contributed by atoms with Gasteiger partial charge in [-0.3, -0.25) is 0 Å². The summed E-state index contributed by atoms with van der Waals surface area (Å²) < 4.78 is 5.42. The lowest BCUT2D eigenvalue weighted by molar-refractivity contribution is 0.331. The first kappa shape index (κ1) is 13.2. The molecule has 2 aromatic heterocycles. The molecule has 4 nitrogen and oxygen atoms in total. The first-order valence-corrected chi connectivity index (χ1v) is 6.96. The molecule has 0 bridgehead atoms. The maximum Gasteiger partial charge on any atom is 0.237 e. The summed E-state index contributed by atoms with van der Waals surface area (Å²) in [6, 6.07) is 4.49. The van der Waals surface area contributed by atoms with Gasteiger partial charge in [-0.25, -0.2) is 0 Å². The molecule has 0 radical (unpaired) electrons. The lowest BCUT2D eigenvalue weighted by Gasteiger charge is -2.17. The second-order valence-corrected chi connectivity index (χ2v) is 5.96. The summed E-state index contributed by atoms with van der Waals surface area (Å²) in [6.45, 7) is 6.32. The quantitative estimate of drug-likeness (QED) is 0.903. The first-order chi connectivity index (χ1) is 8.54. The molecule has 0 amide bonds. The molecule has 0 saturated carbocycles. The third-order valence-corrected chi connectivity index (χ3v) is 4.32. The maximum atomic E-state index is 5.42. The van der Waals surface area contributed by atoms with Crippen molar-refractivity contribution in [2.45, 2.75) is 38.6 Å². The second-order valence-electron chi connectivity index (χ2n) is 5.01. The number of rotatable bonds is 5. The fourth-order valence-electron chi connectivity index (χ4n) is 1.71. The van der Waals surface area contributed by atoms with Gasteiger partial charge in [-0.1, -0.05) is 11.2 Å². The lowest BCUT2D eigenvalue weighted by atomic mass is 9.91. The summed E-state index contributed by atoms with van der Waals surface area (Å²) in [5.41, 5.74) is -0.220. The Bertz CT molecular complexity index is 490. The third-order valence-electron chi connectivity index (χ3n) is 3.12. The molecule has 2 heterocycles. The van der Waals surface area contributed by atoms with Crippen molar-refractivity contribution in [3.05, 3.63) is 34.1 Å². The van der Waals surface area contributed by atoms with E-state index in [2.05, 4.69) is 47.7 Å². The van der Waals surface area contributed by atoms with E-state index in [1.165, 1.54) is 4.88 Å². The van der Waals surface area contributed by atoms with E-state index in [0.29, 0.717) is 11.9 Å². The van der Waals surface area contributed by atoms with Crippen LogP contribution in [0.15, 0.2) is 22.0 Å². The Hall–Kier alpha value is -1.20. The molecule has 0 aliphatic heterocycles. The first-order valence-electron chi connectivity index (χ1n) is 6.08. The van der Waals surface area contributed by atoms with Gasteiger partial charge in [0.1, 0.15) is 0 Å². The molecule has 0 aliphatic carbocycles. The number of likely N-dealkylation sites (N-methyl/N-ethyl adjacent to an activating group) is 1. The van der Waals surface area contributed by atoms with E-state index in [1.807, 2.05) is 13.1 Å². The van der Waals surface area contributed by atoms with Crippen molar-refractivity contribution in [1.29, 1.82) is 0 Å². The Kier molecular flexibility index (Phi) is 3.82. The zero-order chi connectivity index (χ0) is 13.2. The summed E-state index contributed by atoms with van der Waals surface area (Å²) in [6.07, 6.45) is 0.778. The largest absolute Gasteiger partial charge is 0.338 e. The highest BCUT2D eigenvalue weighted by atomic mass is 32.1. The van der Waals surface area contributed by atoms with Gasteiger partial charge in [0.25, 0.3) is 0 Å². The highest BCUT2D eigenvalue weighted by Gasteiger charge is 2.30. The average Bonchev–Trinajstić information content (AvgIpc) is 2.99. The Morgan fingerprint density at radius 2 is 2.28 bits per heavy atom. The maximum absolute atomic E-state index is 5.42. The van der Waals surface area contributed by atoms with Crippen LogP contribution in [-0.2, 0) is 11.8 Å². The van der Waals surface area contributed by atoms with Crippen molar-refractivity contribution in [2.24, 2.45) is 0 Å². The zero-order valence-electron chi connectivity index (χ0n) is 11.2. The summed E-state index contributed by atoms with van der Waals surface area (Å²) in [5, 5.41) is 9.30. The average molecular weight is 265 g/mol. The Labute approximate surface area is 111 Å². The summed E-state index contributed by atoms with van der Waals surface area (Å²) >= 11 is 1.71. The smallest absolute Gasteiger partial charge is 0.237 e. The van der Waals surface area contributed by atoms with Crippen LogP contribution in [0.1, 0.15) is 37.4 Å². The van der Waals surface area contributed by atoms with E-state index >= 15 is 0 Å². The minimum Gasteiger partial charge on any atom is -0.338 e. The molecule has 0 aromatic carbocycles. The Morgan fingerprint density at radius 3 is 2.89 bits per heavy atom. The number of nitrogens with zero attached hydrogens (tertiary/aromatic N) is 2. The van der Waals surface area contributed by atoms with Crippen LogP contribution in [0.2, 0.25) is 0 Å². The van der Waals surface area contributed by atoms with E-state index in [0.717, 1.165) is 12.2 Å². The van der Waals surface area contributed by atoms with Crippen molar-refractivity contribution >= 4 is 11.3 Å². The van der Waals surface area contributed by atoms with Crippen molar-refractivity contribution < 1.29 is 4.52 Å². The van der Waals surface area contributed by atoms with Crippen LogP contribution in [0.5, 0.6) is 0 Å². The van der Waals surface area contributed by atoms with Gasteiger partial charge in [0.2, 0.25) is 5.89 Å². The summed E-state index contributed by atoms with van der Waals surface area (Å²) in [7, 11) is 1.93. The topological polar surface area (TPSA) is 51.0 Å². The van der Waals surface area contributed by atoms with Crippen molar-refractivity contribution in [2.75, 3.05) is 7.05 Å². The monoisotopic (exact) mass is 265 g/mol. The van der Waals surface area contributed by atoms with Crippen molar-refractivity contribution in [3.8, 4) is 0 Å². The van der Waals surface area contributed by atoms with Crippen LogP contribution in [0.25, 0.3) is 0 Å². The van der Waals surface area contributed by atoms with Gasteiger partial charge < -0.3 is 9.84 Å². The predicted octanol–water partition coefficient (Wildman–Crippen LogP) is 2.61. The number of thiophene rings is 1. The summed E-state index contributed by atoms with van der Waals surface area (Å²) in [4.78, 5) is 5.75. The number of nitrogens with one attached hydrogen (secondary N) is 1. The molecular weight excluding hydrogens is 246 g/mol. The Morgan fingerprint density at radius 1 is 1.50 bits per heavy atom. The van der Waals surface area contributed by atoms with Gasteiger partial charge in [-0.2, -0.15) is 4.98 Å². The highest BCUT2D eigenvalue weighted by molar-refractivity contribution is 7.10. The van der Waals surface area contributed by atoms with Crippen LogP contribution in [0, 0.1) is 0 Å². The van der Waals surface area contributed by atoms with Gasteiger partial charge in [-0.15, -0.1) is 11.3 Å². The van der Waals surface area contributed by atoms with Crippen LogP contribution < -0.4 is 5.32 Å². The fourth-order valence-corrected chi connectivity index (χ4v) is 2.55. The standard InChI is InChI=1S/C13H19N3OS/c1-9(14-4)8-11-15-12(17-16-11)13(2,3)10-6-5-7-18-10/h5-7,9,14H,8H2,1-4H3. The molecule has 0 fully saturated rings. The van der Waals surface area contributed by atoms with Gasteiger partial charge >= 0.3 is 0 Å². The minimum absolute atomic E-state index is 0.220. The third kappa shape index (κ3) is 2.62. The second kappa shape index (κ2) is 5.20. The highest BCUT2D eigenvalue weighted by Crippen LogP contribution is 2.33. The molecule has 1 unspecified atom stereocenters. The Balaban J connectivity index is 2.19. The van der Waals surface area contributed by atoms with Crippen molar-refractivity contribution in [1.82, 2.24) is 15.5 Å². The number of aromatic nitrogens is 2. The van der Waals surface area contributed by atoms with Crippen LogP contribution >= 0.6 is 11.3 Å². The van der Waals surface area contributed by atoms with Crippen LogP contribution in [0.4, 0.5) is 0 Å². The normalized spacial score (nSPS) is 13.8. The molecule has 18 heavy (non-hydrogen) atoms. The zero-order valence-corrected chi connectivity index (χ0v) is 12.0. The molecule has 1 atom stereocenters. The molecule has 1 N–H and O–H groups in total. The van der Waals surface area contributed by atoms with Gasteiger partial charge in [0.15, 0.2) is 5.82 Å². The van der Waals surface area contributed by atoms with Gasteiger partial charge in [-0.05, 0) is 39.3 Å². The molecule has 2 aromatic rings. The fraction of sp³-hybridized carbons (Fsp3) is 0.538. The molecule has 0 spiro atoms. The van der Waals surface area contributed by atoms with E-state index in [-0.39, 0.29) is 5.41 Å². The van der Waals surface area contributed by atoms with E-state index in [1.54, 1.807) is 11.3 Å². The molecule has 0 saturated heterocycles. The lowest BCUT2D eigenvalue weighted by Crippen LogP contribution is -2.24. The molecule has 98 valence electrons. The van der Waals surface area contributed by atoms with E-state index in [9.17, 15) is 0 Å². The summed E-state index contributed by atoms with van der Waals surface area (Å²) in [5.74, 6) is 1.44. The number of hydrogen-bond acceptors (Lipinski definition) is 5. The van der Waals surface area contributed by atoms with Crippen LogP contribution in [-0.4, -0.2) is 23.2 Å². The van der Waals surface area contributed by atoms with Crippen molar-refractivity contribution in [3.63, 3.8) is 0 Å². The molecule has 0 aliphatic rings. The van der Waals surface area contributed by atoms with Crippen LogP contribution in [0.3, 0.4) is 0 Å². The number of hydrogen-bond donors (Lipinski definition) is 1. The minimum atomic E-state index is -0.220. The molecular formula is C13H19N3OS. The van der Waals surface area contributed by atoms with E-state index in [4.69, 9.17) is 4.52 Å². The molecule has 5 heteroatoms. The van der Waals surface area contributed by atoms with Gasteiger partial charge in [0, 0.05) is 17.3 Å². The van der Waals surface area contributed by atoms with Gasteiger partial charge in [0.05, 0.1) is 5.41 Å². The predicted molar refractivity (Wildman–Crippen MR) is 73.0 cm³/mol.